The van der Waals surface area contributed by atoms with E-state index in [-0.39, 0.29) is 17.5 Å². The molecule has 0 saturated heterocycles. The zero-order valence-electron chi connectivity index (χ0n) is 12.8. The number of halogens is 2. The third-order valence-corrected chi connectivity index (χ3v) is 3.54. The monoisotopic (exact) mass is 337 g/mol. The maximum absolute atomic E-state index is 13.0. The van der Waals surface area contributed by atoms with E-state index >= 15 is 0 Å². The van der Waals surface area contributed by atoms with Gasteiger partial charge in [-0.3, -0.25) is 4.79 Å². The molecule has 0 aliphatic rings. The summed E-state index contributed by atoms with van der Waals surface area (Å²) in [5, 5.41) is 10.2. The lowest BCUT2D eigenvalue weighted by Crippen LogP contribution is -2.21. The van der Waals surface area contributed by atoms with E-state index in [1.165, 1.54) is 17.0 Å². The lowest BCUT2D eigenvalue weighted by Gasteiger charge is -2.15. The molecule has 1 atom stereocenters. The SMILES string of the molecule is CN(C)C(=O)c1cccc(OCC(O)c2ccc(F)cc2Cl)c1. The van der Waals surface area contributed by atoms with Gasteiger partial charge < -0.3 is 14.7 Å². The molecular formula is C17H17ClFNO3. The highest BCUT2D eigenvalue weighted by Gasteiger charge is 2.14. The van der Waals surface area contributed by atoms with Crippen molar-refractivity contribution < 1.29 is 19.0 Å². The first-order valence-electron chi connectivity index (χ1n) is 6.96. The van der Waals surface area contributed by atoms with Crippen LogP contribution in [0.4, 0.5) is 4.39 Å². The maximum atomic E-state index is 13.0. The lowest BCUT2D eigenvalue weighted by molar-refractivity contribution is 0.0826. The molecule has 23 heavy (non-hydrogen) atoms. The summed E-state index contributed by atoms with van der Waals surface area (Å²) >= 11 is 5.90. The molecular weight excluding hydrogens is 321 g/mol. The number of nitrogens with zero attached hydrogens (tertiary/aromatic N) is 1. The largest absolute Gasteiger partial charge is 0.491 e. The Labute approximate surface area is 139 Å². The number of rotatable bonds is 5. The summed E-state index contributed by atoms with van der Waals surface area (Å²) in [6.07, 6.45) is -1.00. The van der Waals surface area contributed by atoms with Gasteiger partial charge in [-0.15, -0.1) is 0 Å². The average Bonchev–Trinajstić information content (AvgIpc) is 2.52. The highest BCUT2D eigenvalue weighted by atomic mass is 35.5. The third kappa shape index (κ3) is 4.43. The number of hydrogen-bond acceptors (Lipinski definition) is 3. The van der Waals surface area contributed by atoms with E-state index in [4.69, 9.17) is 16.3 Å². The molecule has 2 rings (SSSR count). The first kappa shape index (κ1) is 17.2. The second-order valence-electron chi connectivity index (χ2n) is 5.22. The van der Waals surface area contributed by atoms with Gasteiger partial charge in [-0.2, -0.15) is 0 Å². The molecule has 0 saturated carbocycles. The number of ether oxygens (including phenoxy) is 1. The van der Waals surface area contributed by atoms with Crippen LogP contribution in [0.2, 0.25) is 5.02 Å². The van der Waals surface area contributed by atoms with Gasteiger partial charge >= 0.3 is 0 Å². The van der Waals surface area contributed by atoms with Crippen LogP contribution < -0.4 is 4.74 Å². The summed E-state index contributed by atoms with van der Waals surface area (Å²) in [5.41, 5.74) is 0.871. The van der Waals surface area contributed by atoms with Crippen LogP contribution in [0.15, 0.2) is 42.5 Å². The lowest BCUT2D eigenvalue weighted by atomic mass is 10.1. The quantitative estimate of drug-likeness (QED) is 0.910. The molecule has 2 aromatic rings. The molecule has 0 aliphatic carbocycles. The summed E-state index contributed by atoms with van der Waals surface area (Å²) in [6.45, 7) is -0.0645. The number of carbonyl (C=O) groups is 1. The van der Waals surface area contributed by atoms with Crippen molar-refractivity contribution in [2.45, 2.75) is 6.10 Å². The molecule has 0 bridgehead atoms. The van der Waals surface area contributed by atoms with E-state index in [0.717, 1.165) is 6.07 Å². The highest BCUT2D eigenvalue weighted by molar-refractivity contribution is 6.31. The fourth-order valence-electron chi connectivity index (χ4n) is 2.01. The van der Waals surface area contributed by atoms with E-state index in [1.807, 2.05) is 0 Å². The summed E-state index contributed by atoms with van der Waals surface area (Å²) in [6, 6.07) is 10.4. The minimum Gasteiger partial charge on any atom is -0.491 e. The summed E-state index contributed by atoms with van der Waals surface area (Å²) in [5.74, 6) is -0.158. The standard InChI is InChI=1S/C17H17ClFNO3/c1-20(2)17(22)11-4-3-5-13(8-11)23-10-16(21)14-7-6-12(19)9-15(14)18/h3-9,16,21H,10H2,1-2H3. The van der Waals surface area contributed by atoms with Crippen molar-refractivity contribution in [2.75, 3.05) is 20.7 Å². The van der Waals surface area contributed by atoms with Gasteiger partial charge in [0.05, 0.1) is 0 Å². The zero-order valence-corrected chi connectivity index (χ0v) is 13.5. The zero-order chi connectivity index (χ0) is 17.0. The summed E-state index contributed by atoms with van der Waals surface area (Å²) in [7, 11) is 3.33. The van der Waals surface area contributed by atoms with Gasteiger partial charge in [-0.05, 0) is 30.3 Å². The fraction of sp³-hybridized carbons (Fsp3) is 0.235. The van der Waals surface area contributed by atoms with Gasteiger partial charge in [0.25, 0.3) is 5.91 Å². The Kier molecular flexibility index (Phi) is 5.58. The molecule has 4 nitrogen and oxygen atoms in total. The molecule has 0 aliphatic heterocycles. The van der Waals surface area contributed by atoms with Crippen LogP contribution in [0.5, 0.6) is 5.75 Å². The molecule has 1 N–H and O–H groups in total. The van der Waals surface area contributed by atoms with Gasteiger partial charge in [-0.25, -0.2) is 4.39 Å². The van der Waals surface area contributed by atoms with Crippen LogP contribution in [-0.2, 0) is 0 Å². The van der Waals surface area contributed by atoms with Gasteiger partial charge in [0.1, 0.15) is 24.3 Å². The van der Waals surface area contributed by atoms with Crippen LogP contribution in [0, 0.1) is 5.82 Å². The van der Waals surface area contributed by atoms with E-state index in [9.17, 15) is 14.3 Å². The normalized spacial score (nSPS) is 11.9. The predicted molar refractivity (Wildman–Crippen MR) is 86.3 cm³/mol. The van der Waals surface area contributed by atoms with Crippen LogP contribution >= 0.6 is 11.6 Å². The third-order valence-electron chi connectivity index (χ3n) is 3.22. The number of aliphatic hydroxyl groups excluding tert-OH is 1. The molecule has 0 radical (unpaired) electrons. The molecule has 0 aromatic heterocycles. The Morgan fingerprint density at radius 3 is 2.70 bits per heavy atom. The van der Waals surface area contributed by atoms with E-state index in [0.29, 0.717) is 16.9 Å². The Morgan fingerprint density at radius 2 is 2.04 bits per heavy atom. The van der Waals surface area contributed by atoms with Crippen molar-refractivity contribution in [3.63, 3.8) is 0 Å². The number of amides is 1. The number of carbonyl (C=O) groups excluding carboxylic acids is 1. The van der Waals surface area contributed by atoms with Gasteiger partial charge in [0.15, 0.2) is 0 Å². The van der Waals surface area contributed by atoms with Crippen molar-refractivity contribution in [3.05, 3.63) is 64.4 Å². The molecule has 2 aromatic carbocycles. The number of aliphatic hydroxyl groups is 1. The maximum Gasteiger partial charge on any atom is 0.253 e. The Morgan fingerprint density at radius 1 is 1.30 bits per heavy atom. The van der Waals surface area contributed by atoms with E-state index in [2.05, 4.69) is 0 Å². The van der Waals surface area contributed by atoms with Crippen LogP contribution in [-0.4, -0.2) is 36.6 Å². The Bertz CT molecular complexity index is 706. The van der Waals surface area contributed by atoms with Crippen molar-refractivity contribution in [1.82, 2.24) is 4.90 Å². The van der Waals surface area contributed by atoms with Gasteiger partial charge in [0, 0.05) is 30.2 Å². The minimum atomic E-state index is -1.00. The summed E-state index contributed by atoms with van der Waals surface area (Å²) < 4.78 is 18.5. The molecule has 1 unspecified atom stereocenters. The number of benzene rings is 2. The molecule has 0 fully saturated rings. The highest BCUT2D eigenvalue weighted by Crippen LogP contribution is 2.25. The smallest absolute Gasteiger partial charge is 0.253 e. The fourth-order valence-corrected chi connectivity index (χ4v) is 2.31. The second kappa shape index (κ2) is 7.44. The van der Waals surface area contributed by atoms with Crippen molar-refractivity contribution >= 4 is 17.5 Å². The Hall–Kier alpha value is -2.11. The Balaban J connectivity index is 2.05. The minimum absolute atomic E-state index is 0.0645. The predicted octanol–water partition coefficient (Wildman–Crippen LogP) is 3.29. The van der Waals surface area contributed by atoms with Crippen molar-refractivity contribution in [2.24, 2.45) is 0 Å². The summed E-state index contributed by atoms with van der Waals surface area (Å²) in [4.78, 5) is 13.4. The first-order chi connectivity index (χ1) is 10.9. The van der Waals surface area contributed by atoms with Gasteiger partial charge in [-0.1, -0.05) is 23.7 Å². The van der Waals surface area contributed by atoms with Crippen molar-refractivity contribution in [1.29, 1.82) is 0 Å². The molecule has 0 spiro atoms. The van der Waals surface area contributed by atoms with Crippen LogP contribution in [0.1, 0.15) is 22.0 Å². The molecule has 122 valence electrons. The van der Waals surface area contributed by atoms with Crippen LogP contribution in [0.25, 0.3) is 0 Å². The first-order valence-corrected chi connectivity index (χ1v) is 7.34. The molecule has 6 heteroatoms. The van der Waals surface area contributed by atoms with E-state index in [1.54, 1.807) is 38.4 Å². The van der Waals surface area contributed by atoms with Gasteiger partial charge in [0.2, 0.25) is 0 Å². The van der Waals surface area contributed by atoms with Crippen molar-refractivity contribution in [3.8, 4) is 5.75 Å². The number of hydrogen-bond donors (Lipinski definition) is 1. The molecule has 1 amide bonds. The van der Waals surface area contributed by atoms with E-state index < -0.39 is 11.9 Å². The topological polar surface area (TPSA) is 49.8 Å². The average molecular weight is 338 g/mol. The second-order valence-corrected chi connectivity index (χ2v) is 5.63. The molecule has 0 heterocycles. The van der Waals surface area contributed by atoms with Crippen LogP contribution in [0.3, 0.4) is 0 Å².